The molecule has 0 N–H and O–H groups in total. The summed E-state index contributed by atoms with van der Waals surface area (Å²) in [4.78, 5) is 14.3. The van der Waals surface area contributed by atoms with Crippen LogP contribution in [0.2, 0.25) is 0 Å². The van der Waals surface area contributed by atoms with Crippen LogP contribution in [0.15, 0.2) is 64.9 Å². The molecule has 168 valence electrons. The van der Waals surface area contributed by atoms with E-state index in [2.05, 4.69) is 47.8 Å². The molecule has 5 heteroatoms. The Kier molecular flexibility index (Phi) is 8.87. The third kappa shape index (κ3) is 6.67. The van der Waals surface area contributed by atoms with Gasteiger partial charge in [0.1, 0.15) is 5.82 Å². The van der Waals surface area contributed by atoms with Gasteiger partial charge < -0.3 is 9.64 Å². The SMILES string of the molecule is C=C(/C=C(\N(C)/C(=C\C(=C)c1ccc(Br)cc1F)CCCC)C1(C)CC1)C(=O)OCC. The first kappa shape index (κ1) is 25.1. The van der Waals surface area contributed by atoms with Gasteiger partial charge >= 0.3 is 5.97 Å². The summed E-state index contributed by atoms with van der Waals surface area (Å²) in [6, 6.07) is 4.99. The molecule has 0 aliphatic heterocycles. The van der Waals surface area contributed by atoms with E-state index in [0.717, 1.165) is 43.5 Å². The molecule has 1 aliphatic carbocycles. The average Bonchev–Trinajstić information content (AvgIpc) is 3.46. The zero-order valence-electron chi connectivity index (χ0n) is 19.1. The van der Waals surface area contributed by atoms with Crippen LogP contribution in [0.25, 0.3) is 5.57 Å². The van der Waals surface area contributed by atoms with E-state index >= 15 is 0 Å². The van der Waals surface area contributed by atoms with Crippen molar-refractivity contribution in [1.29, 1.82) is 0 Å². The molecular formula is C26H33BrFNO2. The van der Waals surface area contributed by atoms with E-state index in [1.807, 2.05) is 25.3 Å². The summed E-state index contributed by atoms with van der Waals surface area (Å²) in [6.45, 7) is 14.5. The van der Waals surface area contributed by atoms with E-state index in [4.69, 9.17) is 4.74 Å². The average molecular weight is 490 g/mol. The molecule has 0 amide bonds. The van der Waals surface area contributed by atoms with Gasteiger partial charge in [-0.1, -0.05) is 55.4 Å². The number of benzene rings is 1. The van der Waals surface area contributed by atoms with Crippen LogP contribution < -0.4 is 0 Å². The Bertz CT molecular complexity index is 912. The van der Waals surface area contributed by atoms with Gasteiger partial charge in [-0.2, -0.15) is 0 Å². The van der Waals surface area contributed by atoms with Gasteiger partial charge in [-0.05, 0) is 62.5 Å². The molecule has 1 aromatic rings. The number of halogens is 2. The molecule has 31 heavy (non-hydrogen) atoms. The Balaban J connectivity index is 2.41. The van der Waals surface area contributed by atoms with Crippen LogP contribution in [-0.2, 0) is 9.53 Å². The molecule has 0 unspecified atom stereocenters. The lowest BCUT2D eigenvalue weighted by Crippen LogP contribution is -2.24. The first-order valence-corrected chi connectivity index (χ1v) is 11.6. The summed E-state index contributed by atoms with van der Waals surface area (Å²) < 4.78 is 20.3. The minimum atomic E-state index is -0.405. The Morgan fingerprint density at radius 3 is 2.52 bits per heavy atom. The molecule has 0 aromatic heterocycles. The summed E-state index contributed by atoms with van der Waals surface area (Å²) in [6.07, 6.45) is 8.74. The zero-order valence-corrected chi connectivity index (χ0v) is 20.6. The lowest BCUT2D eigenvalue weighted by atomic mass is 9.98. The third-order valence-electron chi connectivity index (χ3n) is 5.66. The first-order chi connectivity index (χ1) is 14.6. The molecule has 0 radical (unpaired) electrons. The van der Waals surface area contributed by atoms with Crippen molar-refractivity contribution in [2.24, 2.45) is 5.41 Å². The topological polar surface area (TPSA) is 29.5 Å². The van der Waals surface area contributed by atoms with Crippen molar-refractivity contribution >= 4 is 27.5 Å². The minimum Gasteiger partial charge on any atom is -0.462 e. The fraction of sp³-hybridized carbons (Fsp3) is 0.423. The number of esters is 1. The van der Waals surface area contributed by atoms with Gasteiger partial charge in [0.15, 0.2) is 0 Å². The summed E-state index contributed by atoms with van der Waals surface area (Å²) in [7, 11) is 2.00. The van der Waals surface area contributed by atoms with Crippen LogP contribution in [0.3, 0.4) is 0 Å². The maximum atomic E-state index is 14.5. The molecule has 0 bridgehead atoms. The van der Waals surface area contributed by atoms with E-state index < -0.39 is 5.97 Å². The van der Waals surface area contributed by atoms with Crippen LogP contribution in [0.5, 0.6) is 0 Å². The Morgan fingerprint density at radius 1 is 1.29 bits per heavy atom. The maximum absolute atomic E-state index is 14.5. The van der Waals surface area contributed by atoms with E-state index in [1.165, 1.54) is 6.07 Å². The maximum Gasteiger partial charge on any atom is 0.337 e. The second-order valence-corrected chi connectivity index (χ2v) is 9.20. The number of rotatable bonds is 11. The lowest BCUT2D eigenvalue weighted by molar-refractivity contribution is -0.138. The van der Waals surface area contributed by atoms with Crippen molar-refractivity contribution in [3.63, 3.8) is 0 Å². The molecule has 1 saturated carbocycles. The van der Waals surface area contributed by atoms with Gasteiger partial charge in [0.2, 0.25) is 0 Å². The molecule has 0 spiro atoms. The van der Waals surface area contributed by atoms with Crippen LogP contribution in [0, 0.1) is 11.2 Å². The summed E-state index contributed by atoms with van der Waals surface area (Å²) in [5, 5.41) is 0. The van der Waals surface area contributed by atoms with Gasteiger partial charge in [-0.25, -0.2) is 9.18 Å². The lowest BCUT2D eigenvalue weighted by Gasteiger charge is -2.30. The van der Waals surface area contributed by atoms with Crippen molar-refractivity contribution < 1.29 is 13.9 Å². The van der Waals surface area contributed by atoms with Crippen LogP contribution >= 0.6 is 15.9 Å². The molecule has 0 heterocycles. The summed E-state index contributed by atoms with van der Waals surface area (Å²) in [5.74, 6) is -0.716. The first-order valence-electron chi connectivity index (χ1n) is 10.8. The normalized spacial score (nSPS) is 15.4. The van der Waals surface area contributed by atoms with Crippen molar-refractivity contribution in [1.82, 2.24) is 4.90 Å². The highest BCUT2D eigenvalue weighted by Crippen LogP contribution is 2.53. The van der Waals surface area contributed by atoms with Gasteiger partial charge in [0, 0.05) is 33.9 Å². The number of hydrogen-bond acceptors (Lipinski definition) is 3. The van der Waals surface area contributed by atoms with E-state index in [1.54, 1.807) is 13.0 Å². The molecule has 2 rings (SSSR count). The predicted molar refractivity (Wildman–Crippen MR) is 130 cm³/mol. The Hall–Kier alpha value is -2.14. The smallest absolute Gasteiger partial charge is 0.337 e. The summed E-state index contributed by atoms with van der Waals surface area (Å²) in [5.41, 5.74) is 3.48. The molecule has 0 atom stereocenters. The monoisotopic (exact) mass is 489 g/mol. The molecule has 3 nitrogen and oxygen atoms in total. The van der Waals surface area contributed by atoms with E-state index in [-0.39, 0.29) is 11.2 Å². The fourth-order valence-corrected chi connectivity index (χ4v) is 3.78. The third-order valence-corrected chi connectivity index (χ3v) is 6.16. The standard InChI is InChI=1S/C26H33BrFNO2/c1-7-9-10-21(15-18(3)22-12-11-20(27)17-23(22)28)29(6)24(26(5)13-14-26)16-19(4)25(30)31-8-2/h11-12,15-17H,3-4,7-10,13-14H2,1-2,5-6H3/b21-15-,24-16-. The minimum absolute atomic E-state index is 0.0142. The predicted octanol–water partition coefficient (Wildman–Crippen LogP) is 7.41. The Morgan fingerprint density at radius 2 is 1.97 bits per heavy atom. The van der Waals surface area contributed by atoms with E-state index in [0.29, 0.717) is 27.8 Å². The quantitative estimate of drug-likeness (QED) is 0.184. The largest absolute Gasteiger partial charge is 0.462 e. The highest BCUT2D eigenvalue weighted by molar-refractivity contribution is 9.10. The van der Waals surface area contributed by atoms with Gasteiger partial charge in [-0.3, -0.25) is 0 Å². The van der Waals surface area contributed by atoms with Crippen LogP contribution in [0.4, 0.5) is 4.39 Å². The number of nitrogens with zero attached hydrogens (tertiary/aromatic N) is 1. The van der Waals surface area contributed by atoms with Crippen LogP contribution in [-0.4, -0.2) is 24.5 Å². The highest BCUT2D eigenvalue weighted by Gasteiger charge is 2.43. The number of hydrogen-bond donors (Lipinski definition) is 0. The second-order valence-electron chi connectivity index (χ2n) is 8.28. The molecule has 0 saturated heterocycles. The number of unbranched alkanes of at least 4 members (excludes halogenated alkanes) is 1. The van der Waals surface area contributed by atoms with Crippen molar-refractivity contribution in [2.75, 3.05) is 13.7 Å². The van der Waals surface area contributed by atoms with Crippen molar-refractivity contribution in [3.05, 3.63) is 76.3 Å². The van der Waals surface area contributed by atoms with Gasteiger partial charge in [0.25, 0.3) is 0 Å². The molecule has 1 aromatic carbocycles. The fourth-order valence-electron chi connectivity index (χ4n) is 3.45. The Labute approximate surface area is 194 Å². The van der Waals surface area contributed by atoms with Gasteiger partial charge in [-0.15, -0.1) is 0 Å². The summed E-state index contributed by atoms with van der Waals surface area (Å²) >= 11 is 3.30. The number of allylic oxidation sites excluding steroid dienone is 4. The number of carbonyl (C=O) groups is 1. The van der Waals surface area contributed by atoms with E-state index in [9.17, 15) is 9.18 Å². The zero-order chi connectivity index (χ0) is 23.2. The highest BCUT2D eigenvalue weighted by atomic mass is 79.9. The van der Waals surface area contributed by atoms with Crippen molar-refractivity contribution in [2.45, 2.75) is 52.9 Å². The van der Waals surface area contributed by atoms with Crippen LogP contribution in [0.1, 0.15) is 58.4 Å². The second kappa shape index (κ2) is 10.9. The molecule has 1 fully saturated rings. The molecule has 1 aliphatic rings. The van der Waals surface area contributed by atoms with Gasteiger partial charge in [0.05, 0.1) is 12.2 Å². The number of ether oxygens (including phenoxy) is 1. The molecular weight excluding hydrogens is 457 g/mol. The van der Waals surface area contributed by atoms with Crippen molar-refractivity contribution in [3.8, 4) is 0 Å². The number of carbonyl (C=O) groups excluding carboxylic acids is 1.